The fourth-order valence-corrected chi connectivity index (χ4v) is 3.66. The van der Waals surface area contributed by atoms with Crippen LogP contribution in [0.15, 0.2) is 24.3 Å². The normalized spacial score (nSPS) is 19.9. The molecular weight excluding hydrogens is 346 g/mol. The lowest BCUT2D eigenvalue weighted by molar-refractivity contribution is -0.131. The minimum atomic E-state index is -0.427. The Labute approximate surface area is 159 Å². The van der Waals surface area contributed by atoms with E-state index in [1.54, 1.807) is 16.7 Å². The Hall–Kier alpha value is -2.57. The van der Waals surface area contributed by atoms with Gasteiger partial charge in [0.05, 0.1) is 13.0 Å². The molecule has 27 heavy (non-hydrogen) atoms. The average Bonchev–Trinajstić information content (AvgIpc) is 3.09. The Kier molecular flexibility index (Phi) is 6.32. The van der Waals surface area contributed by atoms with Gasteiger partial charge in [0.25, 0.3) is 0 Å². The molecule has 0 saturated carbocycles. The van der Waals surface area contributed by atoms with Gasteiger partial charge in [0.1, 0.15) is 0 Å². The third kappa shape index (κ3) is 4.99. The van der Waals surface area contributed by atoms with Crippen molar-refractivity contribution in [1.82, 2.24) is 10.2 Å². The number of nitrogens with zero attached hydrogens (tertiary/aromatic N) is 2. The van der Waals surface area contributed by atoms with Gasteiger partial charge in [0.2, 0.25) is 11.8 Å². The second-order valence-corrected chi connectivity index (χ2v) is 7.04. The number of carbonyl (C=O) groups is 3. The van der Waals surface area contributed by atoms with E-state index in [1.807, 2.05) is 24.3 Å². The van der Waals surface area contributed by atoms with Gasteiger partial charge < -0.3 is 19.9 Å². The van der Waals surface area contributed by atoms with Crippen LogP contribution in [0.1, 0.15) is 38.2 Å². The smallest absolute Gasteiger partial charge is 0.407 e. The summed E-state index contributed by atoms with van der Waals surface area (Å²) in [5.74, 6) is 0.211. The molecule has 2 aliphatic rings. The molecule has 1 aromatic carbocycles. The van der Waals surface area contributed by atoms with Crippen molar-refractivity contribution >= 4 is 23.6 Å². The number of hydrogen-bond acceptors (Lipinski definition) is 4. The fraction of sp³-hybridized carbons (Fsp3) is 0.550. The molecular formula is C20H27N3O4. The Balaban J connectivity index is 1.53. The Morgan fingerprint density at radius 3 is 2.63 bits per heavy atom. The summed E-state index contributed by atoms with van der Waals surface area (Å²) >= 11 is 0. The van der Waals surface area contributed by atoms with Crippen molar-refractivity contribution in [2.45, 2.75) is 45.1 Å². The van der Waals surface area contributed by atoms with E-state index < -0.39 is 6.09 Å². The summed E-state index contributed by atoms with van der Waals surface area (Å²) in [6.07, 6.45) is 3.11. The number of nitrogens with one attached hydrogen (secondary N) is 1. The zero-order valence-electron chi connectivity index (χ0n) is 15.8. The van der Waals surface area contributed by atoms with E-state index in [0.29, 0.717) is 32.5 Å². The number of benzene rings is 1. The van der Waals surface area contributed by atoms with E-state index in [9.17, 15) is 14.4 Å². The number of anilines is 1. The first-order valence-electron chi connectivity index (χ1n) is 9.67. The first kappa shape index (κ1) is 19.2. The van der Waals surface area contributed by atoms with Crippen LogP contribution in [-0.2, 0) is 20.7 Å². The maximum atomic E-state index is 12.6. The highest BCUT2D eigenvalue weighted by Crippen LogP contribution is 2.22. The van der Waals surface area contributed by atoms with Gasteiger partial charge in [-0.05, 0) is 43.9 Å². The van der Waals surface area contributed by atoms with Crippen LogP contribution in [0.25, 0.3) is 0 Å². The first-order valence-corrected chi connectivity index (χ1v) is 9.67. The predicted molar refractivity (Wildman–Crippen MR) is 101 cm³/mol. The quantitative estimate of drug-likeness (QED) is 0.857. The van der Waals surface area contributed by atoms with E-state index in [4.69, 9.17) is 4.74 Å². The highest BCUT2D eigenvalue weighted by atomic mass is 16.5. The van der Waals surface area contributed by atoms with Crippen LogP contribution < -0.4 is 10.2 Å². The SMILES string of the molecule is CCOC(=O)N[C@H]1CCCN(C(=O)Cc2ccc(N3CCCC3=O)cc2)C1. The Morgan fingerprint density at radius 2 is 1.96 bits per heavy atom. The van der Waals surface area contributed by atoms with E-state index in [-0.39, 0.29) is 17.9 Å². The standard InChI is InChI=1S/C20H27N3O4/c1-2-27-20(26)21-16-5-3-11-22(14-16)19(25)13-15-7-9-17(10-8-15)23-12-4-6-18(23)24/h7-10,16H,2-6,11-14H2,1H3,(H,21,26)/t16-/m0/s1. The van der Waals surface area contributed by atoms with E-state index >= 15 is 0 Å². The molecule has 7 nitrogen and oxygen atoms in total. The van der Waals surface area contributed by atoms with Crippen molar-refractivity contribution in [1.29, 1.82) is 0 Å². The molecule has 3 amide bonds. The van der Waals surface area contributed by atoms with Gasteiger partial charge in [0.15, 0.2) is 0 Å². The van der Waals surface area contributed by atoms with Crippen LogP contribution >= 0.6 is 0 Å². The number of ether oxygens (including phenoxy) is 1. The van der Waals surface area contributed by atoms with E-state index in [2.05, 4.69) is 5.32 Å². The molecule has 2 fully saturated rings. The first-order chi connectivity index (χ1) is 13.1. The van der Waals surface area contributed by atoms with Crippen LogP contribution in [0.3, 0.4) is 0 Å². The molecule has 0 aromatic heterocycles. The van der Waals surface area contributed by atoms with Crippen LogP contribution in [0.5, 0.6) is 0 Å². The zero-order chi connectivity index (χ0) is 19.2. The lowest BCUT2D eigenvalue weighted by Gasteiger charge is -2.33. The van der Waals surface area contributed by atoms with Gasteiger partial charge >= 0.3 is 6.09 Å². The minimum Gasteiger partial charge on any atom is -0.450 e. The summed E-state index contributed by atoms with van der Waals surface area (Å²) in [6.45, 7) is 4.08. The summed E-state index contributed by atoms with van der Waals surface area (Å²) in [5, 5.41) is 2.82. The molecule has 0 radical (unpaired) electrons. The van der Waals surface area contributed by atoms with Gasteiger partial charge in [-0.15, -0.1) is 0 Å². The highest BCUT2D eigenvalue weighted by molar-refractivity contribution is 5.95. The molecule has 1 atom stereocenters. The number of amides is 3. The molecule has 0 spiro atoms. The minimum absolute atomic E-state index is 0.0513. The van der Waals surface area contributed by atoms with Crippen LogP contribution in [-0.4, -0.2) is 55.1 Å². The summed E-state index contributed by atoms with van der Waals surface area (Å²) in [7, 11) is 0. The average molecular weight is 373 g/mol. The van der Waals surface area contributed by atoms with Crippen LogP contribution in [0.2, 0.25) is 0 Å². The number of hydrogen-bond donors (Lipinski definition) is 1. The summed E-state index contributed by atoms with van der Waals surface area (Å²) in [4.78, 5) is 39.6. The highest BCUT2D eigenvalue weighted by Gasteiger charge is 2.25. The molecule has 0 bridgehead atoms. The summed E-state index contributed by atoms with van der Waals surface area (Å²) in [5.41, 5.74) is 1.82. The molecule has 7 heteroatoms. The van der Waals surface area contributed by atoms with Crippen LogP contribution in [0.4, 0.5) is 10.5 Å². The van der Waals surface area contributed by atoms with Crippen molar-refractivity contribution < 1.29 is 19.1 Å². The van der Waals surface area contributed by atoms with E-state index in [1.165, 1.54) is 0 Å². The van der Waals surface area contributed by atoms with Gasteiger partial charge in [-0.1, -0.05) is 12.1 Å². The van der Waals surface area contributed by atoms with Gasteiger partial charge in [-0.2, -0.15) is 0 Å². The lowest BCUT2D eigenvalue weighted by atomic mass is 10.0. The Morgan fingerprint density at radius 1 is 1.19 bits per heavy atom. The fourth-order valence-electron chi connectivity index (χ4n) is 3.66. The molecule has 1 aromatic rings. The van der Waals surface area contributed by atoms with Crippen molar-refractivity contribution in [3.63, 3.8) is 0 Å². The topological polar surface area (TPSA) is 79.0 Å². The maximum absolute atomic E-state index is 12.6. The predicted octanol–water partition coefficient (Wildman–Crippen LogP) is 2.09. The second kappa shape index (κ2) is 8.88. The zero-order valence-corrected chi connectivity index (χ0v) is 15.8. The number of likely N-dealkylation sites (tertiary alicyclic amines) is 1. The molecule has 1 N–H and O–H groups in total. The number of alkyl carbamates (subject to hydrolysis) is 1. The van der Waals surface area contributed by atoms with Gasteiger partial charge in [-0.3, -0.25) is 9.59 Å². The van der Waals surface area contributed by atoms with Crippen LogP contribution in [0, 0.1) is 0 Å². The number of piperidine rings is 1. The number of carbonyl (C=O) groups excluding carboxylic acids is 3. The molecule has 0 unspecified atom stereocenters. The van der Waals surface area contributed by atoms with Crippen molar-refractivity contribution in [2.24, 2.45) is 0 Å². The summed E-state index contributed by atoms with van der Waals surface area (Å²) in [6, 6.07) is 7.58. The van der Waals surface area contributed by atoms with Crippen molar-refractivity contribution in [3.8, 4) is 0 Å². The largest absolute Gasteiger partial charge is 0.450 e. The third-order valence-corrected chi connectivity index (χ3v) is 5.05. The lowest BCUT2D eigenvalue weighted by Crippen LogP contribution is -2.50. The van der Waals surface area contributed by atoms with Crippen molar-refractivity contribution in [3.05, 3.63) is 29.8 Å². The number of rotatable bonds is 5. The maximum Gasteiger partial charge on any atom is 0.407 e. The van der Waals surface area contributed by atoms with Crippen molar-refractivity contribution in [2.75, 3.05) is 31.1 Å². The Bertz CT molecular complexity index is 689. The monoisotopic (exact) mass is 373 g/mol. The molecule has 3 rings (SSSR count). The molecule has 2 aliphatic heterocycles. The second-order valence-electron chi connectivity index (χ2n) is 7.04. The molecule has 0 aliphatic carbocycles. The van der Waals surface area contributed by atoms with Gasteiger partial charge in [-0.25, -0.2) is 4.79 Å². The summed E-state index contributed by atoms with van der Waals surface area (Å²) < 4.78 is 4.92. The van der Waals surface area contributed by atoms with E-state index in [0.717, 1.165) is 37.1 Å². The molecule has 2 heterocycles. The molecule has 2 saturated heterocycles. The van der Waals surface area contributed by atoms with Gasteiger partial charge in [0, 0.05) is 37.8 Å². The third-order valence-electron chi connectivity index (χ3n) is 5.05. The molecule has 146 valence electrons.